The molecule has 0 aliphatic carbocycles. The average molecular weight is 262 g/mol. The van der Waals surface area contributed by atoms with E-state index in [0.717, 1.165) is 22.7 Å². The van der Waals surface area contributed by atoms with Crippen molar-refractivity contribution < 1.29 is 5.11 Å². The quantitative estimate of drug-likeness (QED) is 0.870. The summed E-state index contributed by atoms with van der Waals surface area (Å²) < 4.78 is 0. The van der Waals surface area contributed by atoms with Crippen molar-refractivity contribution in [2.75, 3.05) is 7.05 Å². The van der Waals surface area contributed by atoms with E-state index in [4.69, 9.17) is 0 Å². The number of phenols is 1. The van der Waals surface area contributed by atoms with Gasteiger partial charge in [0.25, 0.3) is 0 Å². The molecule has 3 nitrogen and oxygen atoms in total. The van der Waals surface area contributed by atoms with Crippen LogP contribution in [-0.4, -0.2) is 23.2 Å². The van der Waals surface area contributed by atoms with Gasteiger partial charge in [-0.2, -0.15) is 0 Å². The van der Waals surface area contributed by atoms with E-state index in [1.54, 1.807) is 17.4 Å². The molecule has 0 amide bonds. The smallest absolute Gasteiger partial charge is 0.119 e. The highest BCUT2D eigenvalue weighted by Crippen LogP contribution is 2.21. The maximum Gasteiger partial charge on any atom is 0.119 e. The second-order valence-electron chi connectivity index (χ2n) is 4.43. The van der Waals surface area contributed by atoms with Crippen LogP contribution in [0.1, 0.15) is 23.2 Å². The first-order valence-electron chi connectivity index (χ1n) is 6.06. The van der Waals surface area contributed by atoms with Crippen LogP contribution in [0.4, 0.5) is 0 Å². The number of nitrogens with zero attached hydrogens (tertiary/aromatic N) is 1. The van der Waals surface area contributed by atoms with E-state index in [9.17, 15) is 5.11 Å². The number of hydrogen-bond donors (Lipinski definition) is 2. The predicted molar refractivity (Wildman–Crippen MR) is 75.3 cm³/mol. The molecule has 2 N–H and O–H groups in total. The largest absolute Gasteiger partial charge is 0.508 e. The molecule has 0 bridgehead atoms. The summed E-state index contributed by atoms with van der Waals surface area (Å²) >= 11 is 1.66. The molecule has 1 aromatic carbocycles. The van der Waals surface area contributed by atoms with Gasteiger partial charge in [0.2, 0.25) is 0 Å². The Morgan fingerprint density at radius 2 is 2.17 bits per heavy atom. The lowest BCUT2D eigenvalue weighted by Gasteiger charge is -2.06. The first-order valence-corrected chi connectivity index (χ1v) is 6.94. The fourth-order valence-electron chi connectivity index (χ4n) is 1.76. The number of aromatic nitrogens is 1. The maximum absolute atomic E-state index is 9.73. The number of nitrogens with one attached hydrogen (secondary N) is 1. The zero-order valence-electron chi connectivity index (χ0n) is 10.7. The number of phenolic OH excluding ortho intramolecular Hbond substituents is 1. The first-order chi connectivity index (χ1) is 8.69. The molecule has 0 fully saturated rings. The van der Waals surface area contributed by atoms with Gasteiger partial charge >= 0.3 is 0 Å². The predicted octanol–water partition coefficient (Wildman–Crippen LogP) is 2.59. The molecule has 0 radical (unpaired) electrons. The monoisotopic (exact) mass is 262 g/mol. The minimum Gasteiger partial charge on any atom is -0.508 e. The normalized spacial score (nSPS) is 12.6. The molecule has 4 heteroatoms. The van der Waals surface area contributed by atoms with Crippen LogP contribution < -0.4 is 5.32 Å². The van der Waals surface area contributed by atoms with E-state index in [2.05, 4.69) is 22.6 Å². The average Bonchev–Trinajstić information content (AvgIpc) is 2.79. The van der Waals surface area contributed by atoms with Crippen LogP contribution in [0.5, 0.6) is 5.75 Å². The molecular formula is C14H18N2OS. The molecule has 2 rings (SSSR count). The Balaban J connectivity index is 2.05. The van der Waals surface area contributed by atoms with Gasteiger partial charge < -0.3 is 10.4 Å². The van der Waals surface area contributed by atoms with Crippen LogP contribution in [0.15, 0.2) is 29.6 Å². The highest BCUT2D eigenvalue weighted by molar-refractivity contribution is 7.09. The van der Waals surface area contributed by atoms with E-state index >= 15 is 0 Å². The summed E-state index contributed by atoms with van der Waals surface area (Å²) in [6.07, 6.45) is 1.64. The molecule has 0 spiro atoms. The van der Waals surface area contributed by atoms with Crippen LogP contribution in [0, 0.1) is 0 Å². The van der Waals surface area contributed by atoms with Crippen molar-refractivity contribution in [3.8, 4) is 5.75 Å². The first kappa shape index (κ1) is 13.1. The maximum atomic E-state index is 9.73. The summed E-state index contributed by atoms with van der Waals surface area (Å²) in [7, 11) is 1.96. The summed E-state index contributed by atoms with van der Waals surface area (Å²) in [6, 6.07) is 7.86. The Morgan fingerprint density at radius 3 is 2.89 bits per heavy atom. The van der Waals surface area contributed by atoms with Gasteiger partial charge in [-0.25, -0.2) is 4.98 Å². The Kier molecular flexibility index (Phi) is 4.33. The molecule has 0 aliphatic rings. The minimum absolute atomic E-state index is 0.345. The molecule has 1 aromatic heterocycles. The van der Waals surface area contributed by atoms with Crippen LogP contribution in [0.2, 0.25) is 0 Å². The third-order valence-corrected chi connectivity index (χ3v) is 3.84. The molecule has 2 aromatic rings. The van der Waals surface area contributed by atoms with Crippen molar-refractivity contribution in [2.24, 2.45) is 0 Å². The van der Waals surface area contributed by atoms with Crippen molar-refractivity contribution in [1.29, 1.82) is 0 Å². The lowest BCUT2D eigenvalue weighted by Crippen LogP contribution is -2.23. The molecule has 0 saturated carbocycles. The molecule has 1 heterocycles. The van der Waals surface area contributed by atoms with Crippen molar-refractivity contribution in [1.82, 2.24) is 10.3 Å². The summed E-state index contributed by atoms with van der Waals surface area (Å²) in [5.74, 6) is 0.345. The van der Waals surface area contributed by atoms with E-state index < -0.39 is 0 Å². The van der Waals surface area contributed by atoms with Crippen molar-refractivity contribution in [2.45, 2.75) is 25.8 Å². The topological polar surface area (TPSA) is 45.1 Å². The van der Waals surface area contributed by atoms with Gasteiger partial charge in [-0.3, -0.25) is 0 Å². The molecule has 1 atom stereocenters. The van der Waals surface area contributed by atoms with E-state index in [0.29, 0.717) is 18.2 Å². The molecular weight excluding hydrogens is 244 g/mol. The van der Waals surface area contributed by atoms with Gasteiger partial charge in [0.1, 0.15) is 5.75 Å². The molecule has 0 saturated heterocycles. The third kappa shape index (κ3) is 3.31. The number of hydrogen-bond acceptors (Lipinski definition) is 4. The summed E-state index contributed by atoms with van der Waals surface area (Å²) in [5.41, 5.74) is 2.05. The van der Waals surface area contributed by atoms with Crippen LogP contribution in [0.3, 0.4) is 0 Å². The minimum atomic E-state index is 0.345. The van der Waals surface area contributed by atoms with Gasteiger partial charge in [-0.05, 0) is 20.0 Å². The van der Waals surface area contributed by atoms with Crippen LogP contribution in [-0.2, 0) is 12.8 Å². The number of para-hydroxylation sites is 1. The van der Waals surface area contributed by atoms with Gasteiger partial charge in [0.15, 0.2) is 0 Å². The second kappa shape index (κ2) is 5.98. The Morgan fingerprint density at radius 1 is 1.39 bits per heavy atom. The Hall–Kier alpha value is -1.39. The lowest BCUT2D eigenvalue weighted by atomic mass is 10.1. The van der Waals surface area contributed by atoms with E-state index in [1.165, 1.54) is 0 Å². The second-order valence-corrected chi connectivity index (χ2v) is 5.37. The van der Waals surface area contributed by atoms with Gasteiger partial charge in [0, 0.05) is 29.8 Å². The number of rotatable bonds is 5. The Labute approximate surface area is 112 Å². The number of likely N-dealkylation sites (N-methyl/N-ethyl adjacent to an activating group) is 1. The number of benzene rings is 1. The summed E-state index contributed by atoms with van der Waals surface area (Å²) in [5, 5.41) is 16.1. The fourth-order valence-corrected chi connectivity index (χ4v) is 2.59. The SMILES string of the molecule is CNC(C)Cc1csc(Cc2ccccc2O)n1. The van der Waals surface area contributed by atoms with Crippen molar-refractivity contribution >= 4 is 11.3 Å². The highest BCUT2D eigenvalue weighted by atomic mass is 32.1. The van der Waals surface area contributed by atoms with E-state index in [-0.39, 0.29) is 0 Å². The number of thiazole rings is 1. The molecule has 1 unspecified atom stereocenters. The lowest BCUT2D eigenvalue weighted by molar-refractivity contribution is 0.469. The van der Waals surface area contributed by atoms with Crippen molar-refractivity contribution in [3.63, 3.8) is 0 Å². The number of aromatic hydroxyl groups is 1. The summed E-state index contributed by atoms with van der Waals surface area (Å²) in [4.78, 5) is 4.60. The standard InChI is InChI=1S/C14H18N2OS/c1-10(15-2)7-12-9-18-14(16-12)8-11-5-3-4-6-13(11)17/h3-6,9-10,15,17H,7-8H2,1-2H3. The molecule has 0 aliphatic heterocycles. The van der Waals surface area contributed by atoms with Crippen molar-refractivity contribution in [3.05, 3.63) is 45.9 Å². The van der Waals surface area contributed by atoms with Gasteiger partial charge in [0.05, 0.1) is 10.7 Å². The fraction of sp³-hybridized carbons (Fsp3) is 0.357. The third-order valence-electron chi connectivity index (χ3n) is 2.94. The highest BCUT2D eigenvalue weighted by Gasteiger charge is 2.08. The molecule has 18 heavy (non-hydrogen) atoms. The van der Waals surface area contributed by atoms with Crippen LogP contribution >= 0.6 is 11.3 Å². The molecule has 96 valence electrons. The van der Waals surface area contributed by atoms with Crippen LogP contribution in [0.25, 0.3) is 0 Å². The Bertz CT molecular complexity index is 510. The van der Waals surface area contributed by atoms with Gasteiger partial charge in [-0.15, -0.1) is 11.3 Å². The van der Waals surface area contributed by atoms with E-state index in [1.807, 2.05) is 25.2 Å². The summed E-state index contributed by atoms with van der Waals surface area (Å²) in [6.45, 7) is 2.14. The zero-order chi connectivity index (χ0) is 13.0. The van der Waals surface area contributed by atoms with Gasteiger partial charge in [-0.1, -0.05) is 18.2 Å². The zero-order valence-corrected chi connectivity index (χ0v) is 11.5.